The van der Waals surface area contributed by atoms with Crippen molar-refractivity contribution in [3.63, 3.8) is 0 Å². The average Bonchev–Trinajstić information content (AvgIpc) is 2.35. The first-order valence-corrected chi connectivity index (χ1v) is 7.51. The highest BCUT2D eigenvalue weighted by Gasteiger charge is 2.03. The molecule has 0 spiro atoms. The smallest absolute Gasteiger partial charge is 0.139 e. The summed E-state index contributed by atoms with van der Waals surface area (Å²) >= 11 is 1.42. The van der Waals surface area contributed by atoms with Crippen LogP contribution in [0.1, 0.15) is 32.6 Å². The molecule has 1 N–H and O–H groups in total. The Bertz CT molecular complexity index is 345. The van der Waals surface area contributed by atoms with Crippen LogP contribution in [0.4, 0.5) is 8.78 Å². The van der Waals surface area contributed by atoms with Gasteiger partial charge in [-0.1, -0.05) is 26.2 Å². The van der Waals surface area contributed by atoms with Gasteiger partial charge < -0.3 is 5.32 Å². The highest BCUT2D eigenvalue weighted by Crippen LogP contribution is 2.21. The fourth-order valence-corrected chi connectivity index (χ4v) is 2.45. The van der Waals surface area contributed by atoms with E-state index in [1.165, 1.54) is 49.6 Å². The van der Waals surface area contributed by atoms with Crippen molar-refractivity contribution >= 4 is 11.8 Å². The van der Waals surface area contributed by atoms with Crippen molar-refractivity contribution in [2.45, 2.75) is 37.5 Å². The molecule has 4 heteroatoms. The van der Waals surface area contributed by atoms with Crippen LogP contribution in [-0.4, -0.2) is 18.8 Å². The minimum Gasteiger partial charge on any atom is -0.316 e. The molecule has 1 rings (SSSR count). The molecule has 0 fully saturated rings. The Labute approximate surface area is 112 Å². The molecule has 1 nitrogen and oxygen atoms in total. The zero-order chi connectivity index (χ0) is 13.2. The van der Waals surface area contributed by atoms with E-state index in [0.717, 1.165) is 24.9 Å². The van der Waals surface area contributed by atoms with Crippen LogP contribution in [0.5, 0.6) is 0 Å². The number of rotatable bonds is 9. The van der Waals surface area contributed by atoms with E-state index in [2.05, 4.69) is 12.2 Å². The molecule has 1 aromatic rings. The average molecular weight is 273 g/mol. The van der Waals surface area contributed by atoms with Crippen LogP contribution >= 0.6 is 11.8 Å². The van der Waals surface area contributed by atoms with E-state index in [1.807, 2.05) is 0 Å². The molecular formula is C14H21F2NS. The summed E-state index contributed by atoms with van der Waals surface area (Å²) in [5.41, 5.74) is 0. The lowest BCUT2D eigenvalue weighted by Gasteiger charge is -2.05. The lowest BCUT2D eigenvalue weighted by Crippen LogP contribution is -2.18. The van der Waals surface area contributed by atoms with E-state index in [9.17, 15) is 8.78 Å². The molecule has 0 saturated carbocycles. The molecule has 18 heavy (non-hydrogen) atoms. The fourth-order valence-electron chi connectivity index (χ4n) is 1.63. The maximum Gasteiger partial charge on any atom is 0.139 e. The molecule has 0 unspecified atom stereocenters. The van der Waals surface area contributed by atoms with Crippen LogP contribution in [0.25, 0.3) is 0 Å². The van der Waals surface area contributed by atoms with Gasteiger partial charge in [-0.25, -0.2) is 8.78 Å². The van der Waals surface area contributed by atoms with E-state index in [4.69, 9.17) is 0 Å². The van der Waals surface area contributed by atoms with Gasteiger partial charge in [0.05, 0.1) is 0 Å². The van der Waals surface area contributed by atoms with Crippen LogP contribution in [0, 0.1) is 11.6 Å². The summed E-state index contributed by atoms with van der Waals surface area (Å²) < 4.78 is 26.0. The third kappa shape index (κ3) is 6.36. The van der Waals surface area contributed by atoms with Gasteiger partial charge in [-0.15, -0.1) is 11.8 Å². The van der Waals surface area contributed by atoms with Crippen molar-refractivity contribution in [3.8, 4) is 0 Å². The van der Waals surface area contributed by atoms with Gasteiger partial charge in [-0.05, 0) is 25.1 Å². The topological polar surface area (TPSA) is 12.0 Å². The van der Waals surface area contributed by atoms with Crippen molar-refractivity contribution in [3.05, 3.63) is 29.8 Å². The molecular weight excluding hydrogens is 252 g/mol. The van der Waals surface area contributed by atoms with Crippen molar-refractivity contribution in [2.24, 2.45) is 0 Å². The Balaban J connectivity index is 2.07. The Morgan fingerprint density at radius 3 is 2.67 bits per heavy atom. The van der Waals surface area contributed by atoms with Gasteiger partial charge >= 0.3 is 0 Å². The second-order valence-electron chi connectivity index (χ2n) is 4.23. The van der Waals surface area contributed by atoms with Crippen LogP contribution in [0.15, 0.2) is 23.1 Å². The molecule has 0 bridgehead atoms. The number of nitrogens with one attached hydrogen (secondary N) is 1. The molecule has 0 aliphatic carbocycles. The first-order chi connectivity index (χ1) is 8.74. The highest BCUT2D eigenvalue weighted by molar-refractivity contribution is 7.99. The van der Waals surface area contributed by atoms with Crippen molar-refractivity contribution in [1.82, 2.24) is 5.32 Å². The fraction of sp³-hybridized carbons (Fsp3) is 0.571. The van der Waals surface area contributed by atoms with E-state index in [1.54, 1.807) is 0 Å². The first-order valence-electron chi connectivity index (χ1n) is 6.52. The quantitative estimate of drug-likeness (QED) is 0.534. The molecule has 0 aliphatic rings. The largest absolute Gasteiger partial charge is 0.316 e. The third-order valence-corrected chi connectivity index (χ3v) is 3.69. The SMILES string of the molecule is CCCCCCNCCSc1ccc(F)cc1F. The summed E-state index contributed by atoms with van der Waals surface area (Å²) in [5.74, 6) is -0.190. The summed E-state index contributed by atoms with van der Waals surface area (Å²) in [6.07, 6.45) is 5.00. The van der Waals surface area contributed by atoms with Gasteiger partial charge in [-0.3, -0.25) is 0 Å². The summed E-state index contributed by atoms with van der Waals surface area (Å²) in [5, 5.41) is 3.33. The molecule has 0 amide bonds. The monoisotopic (exact) mass is 273 g/mol. The van der Waals surface area contributed by atoms with Crippen molar-refractivity contribution < 1.29 is 8.78 Å². The summed E-state index contributed by atoms with van der Waals surface area (Å²) in [6.45, 7) is 4.07. The van der Waals surface area contributed by atoms with Crippen LogP contribution < -0.4 is 5.32 Å². The number of unbranched alkanes of at least 4 members (excludes halogenated alkanes) is 3. The molecule has 0 aliphatic heterocycles. The van der Waals surface area contributed by atoms with E-state index >= 15 is 0 Å². The zero-order valence-electron chi connectivity index (χ0n) is 10.8. The zero-order valence-corrected chi connectivity index (χ0v) is 11.7. The van der Waals surface area contributed by atoms with Gasteiger partial charge in [0.25, 0.3) is 0 Å². The number of halogens is 2. The molecule has 0 radical (unpaired) electrons. The second-order valence-corrected chi connectivity index (χ2v) is 5.37. The maximum atomic E-state index is 13.3. The van der Waals surface area contributed by atoms with E-state index in [0.29, 0.717) is 4.90 Å². The molecule has 102 valence electrons. The molecule has 0 heterocycles. The number of hydrogen-bond acceptors (Lipinski definition) is 2. The Morgan fingerprint density at radius 1 is 1.11 bits per heavy atom. The summed E-state index contributed by atoms with van der Waals surface area (Å²) in [6, 6.07) is 3.72. The van der Waals surface area contributed by atoms with Gasteiger partial charge in [-0.2, -0.15) is 0 Å². The molecule has 1 aromatic carbocycles. The van der Waals surface area contributed by atoms with Gasteiger partial charge in [0, 0.05) is 23.3 Å². The Kier molecular flexibility index (Phi) is 8.01. The Hall–Kier alpha value is -0.610. The maximum absolute atomic E-state index is 13.3. The van der Waals surface area contributed by atoms with E-state index in [-0.39, 0.29) is 0 Å². The molecule has 0 aromatic heterocycles. The number of hydrogen-bond donors (Lipinski definition) is 1. The van der Waals surface area contributed by atoms with Crippen LogP contribution in [-0.2, 0) is 0 Å². The predicted octanol–water partition coefficient (Wildman–Crippen LogP) is 4.23. The molecule has 0 saturated heterocycles. The van der Waals surface area contributed by atoms with Crippen LogP contribution in [0.3, 0.4) is 0 Å². The first kappa shape index (κ1) is 15.4. The number of benzene rings is 1. The summed E-state index contributed by atoms with van der Waals surface area (Å²) in [4.78, 5) is 0.518. The van der Waals surface area contributed by atoms with Crippen LogP contribution in [0.2, 0.25) is 0 Å². The second kappa shape index (κ2) is 9.34. The lowest BCUT2D eigenvalue weighted by molar-refractivity contribution is 0.565. The predicted molar refractivity (Wildman–Crippen MR) is 74.1 cm³/mol. The number of thioether (sulfide) groups is 1. The molecule has 0 atom stereocenters. The van der Waals surface area contributed by atoms with Gasteiger partial charge in [0.2, 0.25) is 0 Å². The van der Waals surface area contributed by atoms with Gasteiger partial charge in [0.15, 0.2) is 0 Å². The third-order valence-electron chi connectivity index (χ3n) is 2.64. The summed E-state index contributed by atoms with van der Waals surface area (Å²) in [7, 11) is 0. The Morgan fingerprint density at radius 2 is 1.94 bits per heavy atom. The van der Waals surface area contributed by atoms with E-state index < -0.39 is 11.6 Å². The normalized spacial score (nSPS) is 10.8. The minimum absolute atomic E-state index is 0.469. The standard InChI is InChI=1S/C14H21F2NS/c1-2-3-4-5-8-17-9-10-18-14-7-6-12(15)11-13(14)16/h6-7,11,17H,2-5,8-10H2,1H3. The minimum atomic E-state index is -0.522. The van der Waals surface area contributed by atoms with Gasteiger partial charge in [0.1, 0.15) is 11.6 Å². The van der Waals surface area contributed by atoms with Crippen molar-refractivity contribution in [1.29, 1.82) is 0 Å². The lowest BCUT2D eigenvalue weighted by atomic mass is 10.2. The highest BCUT2D eigenvalue weighted by atomic mass is 32.2. The van der Waals surface area contributed by atoms with Crippen molar-refractivity contribution in [2.75, 3.05) is 18.8 Å².